The van der Waals surface area contributed by atoms with Crippen LogP contribution < -0.4 is 0 Å². The Hall–Kier alpha value is -1.63. The van der Waals surface area contributed by atoms with Crippen molar-refractivity contribution < 1.29 is 32.2 Å². The fraction of sp³-hybridized carbons (Fsp3) is 0.222. The molecule has 88 valence electrons. The van der Waals surface area contributed by atoms with E-state index in [1.807, 2.05) is 0 Å². The lowest BCUT2D eigenvalue weighted by molar-refractivity contribution is 0.0682. The summed E-state index contributed by atoms with van der Waals surface area (Å²) in [4.78, 5) is 10.6. The van der Waals surface area contributed by atoms with Gasteiger partial charge in [-0.15, -0.1) is 0 Å². The molecular weight excluding hydrogens is 232 g/mol. The number of carboxylic acids is 1. The number of rotatable bonds is 3. The van der Waals surface area contributed by atoms with E-state index in [1.54, 1.807) is 0 Å². The topological polar surface area (TPSA) is 46.5 Å². The van der Waals surface area contributed by atoms with Gasteiger partial charge in [-0.2, -0.15) is 0 Å². The third-order valence-electron chi connectivity index (χ3n) is 1.87. The zero-order chi connectivity index (χ0) is 12.5. The van der Waals surface area contributed by atoms with Gasteiger partial charge in [-0.05, 0) is 0 Å². The molecule has 7 heteroatoms. The zero-order valence-corrected chi connectivity index (χ0v) is 7.98. The molecule has 0 heterocycles. The average molecular weight is 238 g/mol. The molecule has 1 aromatic rings. The van der Waals surface area contributed by atoms with Gasteiger partial charge >= 0.3 is 5.97 Å². The van der Waals surface area contributed by atoms with E-state index >= 15 is 0 Å². The van der Waals surface area contributed by atoms with Gasteiger partial charge in [0.15, 0.2) is 23.3 Å². The van der Waals surface area contributed by atoms with Crippen molar-refractivity contribution in [2.24, 2.45) is 0 Å². The van der Waals surface area contributed by atoms with Gasteiger partial charge in [0.2, 0.25) is 0 Å². The van der Waals surface area contributed by atoms with Gasteiger partial charge in [0.05, 0.1) is 6.61 Å². The van der Waals surface area contributed by atoms with Gasteiger partial charge < -0.3 is 9.84 Å². The van der Waals surface area contributed by atoms with Crippen molar-refractivity contribution in [2.75, 3.05) is 7.11 Å². The molecule has 0 aliphatic rings. The SMILES string of the molecule is COCc1c(F)c(F)c(F)c(F)c1C(=O)O. The number of benzene rings is 1. The fourth-order valence-electron chi connectivity index (χ4n) is 1.18. The Kier molecular flexibility index (Phi) is 3.48. The van der Waals surface area contributed by atoms with Crippen LogP contribution in [0.1, 0.15) is 15.9 Å². The summed E-state index contributed by atoms with van der Waals surface area (Å²) in [7, 11) is 1.07. The van der Waals surface area contributed by atoms with Gasteiger partial charge in [-0.1, -0.05) is 0 Å². The summed E-state index contributed by atoms with van der Waals surface area (Å²) in [5.74, 6) is -9.83. The van der Waals surface area contributed by atoms with Crippen LogP contribution in [0.4, 0.5) is 17.6 Å². The van der Waals surface area contributed by atoms with E-state index in [-0.39, 0.29) is 0 Å². The summed E-state index contributed by atoms with van der Waals surface area (Å²) in [5.41, 5.74) is -2.13. The Labute approximate surface area is 87.3 Å². The lowest BCUT2D eigenvalue weighted by Gasteiger charge is -2.09. The molecule has 3 nitrogen and oxygen atoms in total. The fourth-order valence-corrected chi connectivity index (χ4v) is 1.18. The van der Waals surface area contributed by atoms with E-state index in [9.17, 15) is 22.4 Å². The molecule has 1 N–H and O–H groups in total. The predicted octanol–water partition coefficient (Wildman–Crippen LogP) is 2.09. The minimum absolute atomic E-state index is 0.679. The highest BCUT2D eigenvalue weighted by molar-refractivity contribution is 5.89. The molecule has 0 unspecified atom stereocenters. The Morgan fingerprint density at radius 3 is 2.06 bits per heavy atom. The van der Waals surface area contributed by atoms with Crippen LogP contribution in [0.3, 0.4) is 0 Å². The number of ether oxygens (including phenoxy) is 1. The van der Waals surface area contributed by atoms with E-state index in [1.165, 1.54) is 0 Å². The average Bonchev–Trinajstić information content (AvgIpc) is 2.23. The van der Waals surface area contributed by atoms with E-state index in [2.05, 4.69) is 4.74 Å². The first-order valence-corrected chi connectivity index (χ1v) is 3.98. The van der Waals surface area contributed by atoms with Crippen molar-refractivity contribution in [3.8, 4) is 0 Å². The highest BCUT2D eigenvalue weighted by Gasteiger charge is 2.28. The number of hydrogen-bond acceptors (Lipinski definition) is 2. The van der Waals surface area contributed by atoms with Gasteiger partial charge in [0.1, 0.15) is 5.56 Å². The first kappa shape index (κ1) is 12.4. The quantitative estimate of drug-likeness (QED) is 0.498. The maximum Gasteiger partial charge on any atom is 0.339 e. The standard InChI is InChI=1S/C9H6F4O3/c1-16-2-3-4(9(14)15)6(11)8(13)7(12)5(3)10/h2H2,1H3,(H,14,15). The summed E-state index contributed by atoms with van der Waals surface area (Å²) in [6, 6.07) is 0. The van der Waals surface area contributed by atoms with E-state index < -0.39 is 47.0 Å². The van der Waals surface area contributed by atoms with Gasteiger partial charge in [-0.25, -0.2) is 22.4 Å². The second-order valence-electron chi connectivity index (χ2n) is 2.85. The maximum absolute atomic E-state index is 13.1. The molecule has 0 aromatic heterocycles. The Morgan fingerprint density at radius 1 is 1.12 bits per heavy atom. The molecule has 1 aromatic carbocycles. The van der Waals surface area contributed by atoms with Crippen LogP contribution in [0.2, 0.25) is 0 Å². The molecule has 0 aliphatic heterocycles. The minimum atomic E-state index is -2.16. The van der Waals surface area contributed by atoms with Gasteiger partial charge in [0.25, 0.3) is 0 Å². The molecular formula is C9H6F4O3. The summed E-state index contributed by atoms with van der Waals surface area (Å²) < 4.78 is 56.1. The van der Waals surface area contributed by atoms with Crippen molar-refractivity contribution in [1.29, 1.82) is 0 Å². The number of hydrogen-bond donors (Lipinski definition) is 1. The highest BCUT2D eigenvalue weighted by atomic mass is 19.2. The normalized spacial score (nSPS) is 10.6. The molecule has 0 radical (unpaired) electrons. The predicted molar refractivity (Wildman–Crippen MR) is 43.9 cm³/mol. The number of aromatic carboxylic acids is 1. The molecule has 0 spiro atoms. The van der Waals surface area contributed by atoms with Crippen LogP contribution in [0.15, 0.2) is 0 Å². The van der Waals surface area contributed by atoms with Crippen LogP contribution in [0, 0.1) is 23.3 Å². The summed E-state index contributed by atoms with van der Waals surface area (Å²) >= 11 is 0. The van der Waals surface area contributed by atoms with Crippen LogP contribution in [-0.4, -0.2) is 18.2 Å². The van der Waals surface area contributed by atoms with E-state index in [4.69, 9.17) is 5.11 Å². The zero-order valence-electron chi connectivity index (χ0n) is 7.98. The molecule has 1 rings (SSSR count). The number of carboxylic acid groups (broad SMARTS) is 1. The summed E-state index contributed by atoms with van der Waals surface area (Å²) in [6.07, 6.45) is 0. The number of carbonyl (C=O) groups is 1. The molecule has 0 saturated heterocycles. The van der Waals surface area contributed by atoms with Crippen LogP contribution in [0.25, 0.3) is 0 Å². The first-order chi connectivity index (χ1) is 7.41. The van der Waals surface area contributed by atoms with Gasteiger partial charge in [-0.3, -0.25) is 0 Å². The maximum atomic E-state index is 13.1. The third-order valence-corrected chi connectivity index (χ3v) is 1.87. The van der Waals surface area contributed by atoms with Crippen molar-refractivity contribution in [2.45, 2.75) is 6.61 Å². The summed E-state index contributed by atoms with van der Waals surface area (Å²) in [5, 5.41) is 8.56. The Balaban J connectivity index is 3.61. The van der Waals surface area contributed by atoms with E-state index in [0.29, 0.717) is 0 Å². The van der Waals surface area contributed by atoms with E-state index in [0.717, 1.165) is 7.11 Å². The molecule has 0 amide bonds. The second-order valence-corrected chi connectivity index (χ2v) is 2.85. The lowest BCUT2D eigenvalue weighted by Crippen LogP contribution is -2.14. The van der Waals surface area contributed by atoms with Crippen molar-refractivity contribution in [3.63, 3.8) is 0 Å². The van der Waals surface area contributed by atoms with Crippen LogP contribution in [0.5, 0.6) is 0 Å². The van der Waals surface area contributed by atoms with Gasteiger partial charge in [0, 0.05) is 12.7 Å². The van der Waals surface area contributed by atoms with Crippen molar-refractivity contribution in [1.82, 2.24) is 0 Å². The molecule has 0 aliphatic carbocycles. The van der Waals surface area contributed by atoms with Crippen LogP contribution in [-0.2, 0) is 11.3 Å². The molecule has 0 bridgehead atoms. The molecule has 0 atom stereocenters. The molecule has 0 saturated carbocycles. The number of methoxy groups -OCH3 is 1. The Morgan fingerprint density at radius 2 is 1.62 bits per heavy atom. The first-order valence-electron chi connectivity index (χ1n) is 3.98. The minimum Gasteiger partial charge on any atom is -0.478 e. The molecule has 16 heavy (non-hydrogen) atoms. The largest absolute Gasteiger partial charge is 0.478 e. The molecule has 0 fully saturated rings. The summed E-state index contributed by atoms with van der Waals surface area (Å²) in [6.45, 7) is -0.679. The van der Waals surface area contributed by atoms with Crippen molar-refractivity contribution >= 4 is 5.97 Å². The second kappa shape index (κ2) is 4.48. The monoisotopic (exact) mass is 238 g/mol. The lowest BCUT2D eigenvalue weighted by atomic mass is 10.1. The van der Waals surface area contributed by atoms with Crippen molar-refractivity contribution in [3.05, 3.63) is 34.4 Å². The Bertz CT molecular complexity index is 445. The number of halogens is 4. The highest BCUT2D eigenvalue weighted by Crippen LogP contribution is 2.24. The smallest absolute Gasteiger partial charge is 0.339 e. The third kappa shape index (κ3) is 1.85. The van der Waals surface area contributed by atoms with Crippen LogP contribution >= 0.6 is 0 Å².